The molecule has 1 aliphatic heterocycles. The number of carbonyl (C=O) groups excluding carboxylic acids is 2. The number of carboxylic acids is 1. The van der Waals surface area contributed by atoms with Crippen molar-refractivity contribution in [2.24, 2.45) is 0 Å². The minimum Gasteiger partial charge on any atom is -0.478 e. The van der Waals surface area contributed by atoms with Crippen molar-refractivity contribution in [3.8, 4) is 0 Å². The molecule has 3 rings (SSSR count). The Labute approximate surface area is 129 Å². The molecular formula is C15H13N3O5. The molecule has 0 saturated carbocycles. The molecule has 1 atom stereocenters. The molecule has 0 aliphatic carbocycles. The Balaban J connectivity index is 2.28. The molecule has 8 nitrogen and oxygen atoms in total. The molecule has 1 saturated heterocycles. The predicted octanol–water partition coefficient (Wildman–Crippen LogP) is 0.381. The summed E-state index contributed by atoms with van der Waals surface area (Å²) in [7, 11) is 0. The molecule has 8 heteroatoms. The first-order valence-corrected chi connectivity index (χ1v) is 6.99. The summed E-state index contributed by atoms with van der Waals surface area (Å²) >= 11 is 0. The van der Waals surface area contributed by atoms with Crippen LogP contribution in [0.2, 0.25) is 0 Å². The predicted molar refractivity (Wildman–Crippen MR) is 79.1 cm³/mol. The van der Waals surface area contributed by atoms with Crippen LogP contribution in [0.4, 0.5) is 0 Å². The molecule has 2 heterocycles. The zero-order valence-electron chi connectivity index (χ0n) is 12.2. The van der Waals surface area contributed by atoms with Gasteiger partial charge in [0.05, 0.1) is 16.5 Å². The smallest absolute Gasteiger partial charge is 0.336 e. The van der Waals surface area contributed by atoms with E-state index in [-0.39, 0.29) is 29.3 Å². The van der Waals surface area contributed by atoms with E-state index in [4.69, 9.17) is 0 Å². The number of rotatable bonds is 2. The summed E-state index contributed by atoms with van der Waals surface area (Å²) in [6.45, 7) is 1.57. The van der Waals surface area contributed by atoms with Crippen LogP contribution >= 0.6 is 0 Å². The first-order valence-electron chi connectivity index (χ1n) is 6.99. The highest BCUT2D eigenvalue weighted by atomic mass is 16.4. The van der Waals surface area contributed by atoms with E-state index >= 15 is 0 Å². The maximum absolute atomic E-state index is 12.8. The molecule has 1 aromatic heterocycles. The highest BCUT2D eigenvalue weighted by Gasteiger charge is 2.31. The third-order valence-electron chi connectivity index (χ3n) is 3.86. The number of fused-ring (bicyclic) bond motifs is 1. The van der Waals surface area contributed by atoms with E-state index in [9.17, 15) is 24.3 Å². The summed E-state index contributed by atoms with van der Waals surface area (Å²) in [5.41, 5.74) is -0.503. The van der Waals surface area contributed by atoms with Crippen molar-refractivity contribution in [2.45, 2.75) is 25.8 Å². The number of piperidine rings is 1. The van der Waals surface area contributed by atoms with Crippen LogP contribution in [0.5, 0.6) is 0 Å². The van der Waals surface area contributed by atoms with Crippen LogP contribution in [-0.2, 0) is 9.59 Å². The van der Waals surface area contributed by atoms with Crippen LogP contribution in [0, 0.1) is 6.92 Å². The number of imide groups is 1. The molecule has 1 aliphatic rings. The number of hydrogen-bond donors (Lipinski definition) is 2. The van der Waals surface area contributed by atoms with E-state index in [1.807, 2.05) is 0 Å². The lowest BCUT2D eigenvalue weighted by atomic mass is 10.0. The van der Waals surface area contributed by atoms with Gasteiger partial charge < -0.3 is 5.11 Å². The Kier molecular flexibility index (Phi) is 3.44. The number of nitrogens with zero attached hydrogens (tertiary/aromatic N) is 2. The number of nitrogens with one attached hydrogen (secondary N) is 1. The van der Waals surface area contributed by atoms with Gasteiger partial charge in [0.2, 0.25) is 11.8 Å². The highest BCUT2D eigenvalue weighted by molar-refractivity contribution is 6.02. The number of aryl methyl sites for hydroxylation is 1. The number of benzene rings is 1. The SMILES string of the molecule is Cc1nc2cccc(C(=O)O)c2c(=O)n1C1CCC(=O)NC1=O. The van der Waals surface area contributed by atoms with Crippen LogP contribution in [0.25, 0.3) is 10.9 Å². The number of carbonyl (C=O) groups is 3. The normalized spacial score (nSPS) is 18.0. The molecule has 2 N–H and O–H groups in total. The van der Waals surface area contributed by atoms with E-state index < -0.39 is 29.4 Å². The maximum Gasteiger partial charge on any atom is 0.336 e. The minimum atomic E-state index is -1.24. The van der Waals surface area contributed by atoms with Crippen LogP contribution in [0.3, 0.4) is 0 Å². The molecule has 118 valence electrons. The van der Waals surface area contributed by atoms with Crippen LogP contribution < -0.4 is 10.9 Å². The van der Waals surface area contributed by atoms with Gasteiger partial charge in [-0.2, -0.15) is 0 Å². The van der Waals surface area contributed by atoms with E-state index in [0.29, 0.717) is 5.82 Å². The third kappa shape index (κ3) is 2.37. The van der Waals surface area contributed by atoms with Gasteiger partial charge >= 0.3 is 5.97 Å². The van der Waals surface area contributed by atoms with E-state index in [2.05, 4.69) is 10.3 Å². The topological polar surface area (TPSA) is 118 Å². The molecule has 0 radical (unpaired) electrons. The second kappa shape index (κ2) is 5.31. The number of hydrogen-bond acceptors (Lipinski definition) is 5. The van der Waals surface area contributed by atoms with Crippen LogP contribution in [-0.4, -0.2) is 32.4 Å². The number of amides is 2. The fourth-order valence-corrected chi connectivity index (χ4v) is 2.83. The Morgan fingerprint density at radius 2 is 2.09 bits per heavy atom. The Morgan fingerprint density at radius 3 is 2.74 bits per heavy atom. The Morgan fingerprint density at radius 1 is 1.35 bits per heavy atom. The zero-order chi connectivity index (χ0) is 16.7. The first kappa shape index (κ1) is 14.9. The van der Waals surface area contributed by atoms with Crippen molar-refractivity contribution in [3.63, 3.8) is 0 Å². The van der Waals surface area contributed by atoms with Gasteiger partial charge in [0.25, 0.3) is 5.56 Å². The molecule has 23 heavy (non-hydrogen) atoms. The van der Waals surface area contributed by atoms with Crippen molar-refractivity contribution >= 4 is 28.7 Å². The lowest BCUT2D eigenvalue weighted by molar-refractivity contribution is -0.135. The molecule has 0 bridgehead atoms. The van der Waals surface area contributed by atoms with Gasteiger partial charge in [-0.05, 0) is 25.5 Å². The van der Waals surface area contributed by atoms with Gasteiger partial charge in [0.1, 0.15) is 11.9 Å². The zero-order valence-corrected chi connectivity index (χ0v) is 12.2. The largest absolute Gasteiger partial charge is 0.478 e. The molecule has 2 aromatic rings. The van der Waals surface area contributed by atoms with Crippen LogP contribution in [0.15, 0.2) is 23.0 Å². The number of aromatic carboxylic acids is 1. The van der Waals surface area contributed by atoms with Gasteiger partial charge in [0.15, 0.2) is 0 Å². The lowest BCUT2D eigenvalue weighted by Crippen LogP contribution is -2.45. The molecule has 1 fully saturated rings. The average molecular weight is 315 g/mol. The highest BCUT2D eigenvalue weighted by Crippen LogP contribution is 2.21. The van der Waals surface area contributed by atoms with Crippen LogP contribution in [0.1, 0.15) is 35.1 Å². The molecule has 2 amide bonds. The summed E-state index contributed by atoms with van der Waals surface area (Å²) in [4.78, 5) is 51.7. The average Bonchev–Trinajstić information content (AvgIpc) is 2.48. The van der Waals surface area contributed by atoms with E-state index in [0.717, 1.165) is 4.57 Å². The summed E-state index contributed by atoms with van der Waals surface area (Å²) < 4.78 is 1.16. The molecule has 0 spiro atoms. The summed E-state index contributed by atoms with van der Waals surface area (Å²) in [5.74, 6) is -1.93. The van der Waals surface area contributed by atoms with Gasteiger partial charge in [-0.15, -0.1) is 0 Å². The molecule has 1 aromatic carbocycles. The second-order valence-electron chi connectivity index (χ2n) is 5.31. The summed E-state index contributed by atoms with van der Waals surface area (Å²) in [6.07, 6.45) is 0.286. The number of carboxylic acid groups (broad SMARTS) is 1. The van der Waals surface area contributed by atoms with Crippen molar-refractivity contribution in [1.29, 1.82) is 0 Å². The summed E-state index contributed by atoms with van der Waals surface area (Å²) in [5, 5.41) is 11.4. The monoisotopic (exact) mass is 315 g/mol. The molecule has 1 unspecified atom stereocenters. The maximum atomic E-state index is 12.8. The second-order valence-corrected chi connectivity index (χ2v) is 5.31. The van der Waals surface area contributed by atoms with Gasteiger partial charge in [-0.25, -0.2) is 9.78 Å². The standard InChI is InChI=1S/C15H13N3O5/c1-7-16-9-4-2-3-8(15(22)23)12(9)14(21)18(7)10-5-6-11(19)17-13(10)20/h2-4,10H,5-6H2,1H3,(H,22,23)(H,17,19,20). The quantitative estimate of drug-likeness (QED) is 0.773. The lowest BCUT2D eigenvalue weighted by Gasteiger charge is -2.24. The van der Waals surface area contributed by atoms with Gasteiger partial charge in [0, 0.05) is 6.42 Å². The van der Waals surface area contributed by atoms with Gasteiger partial charge in [-0.3, -0.25) is 24.3 Å². The van der Waals surface area contributed by atoms with Crippen molar-refractivity contribution in [3.05, 3.63) is 39.9 Å². The Bertz CT molecular complexity index is 915. The van der Waals surface area contributed by atoms with Gasteiger partial charge in [-0.1, -0.05) is 6.07 Å². The molecular weight excluding hydrogens is 302 g/mol. The minimum absolute atomic E-state index is 0.0460. The van der Waals surface area contributed by atoms with Crippen molar-refractivity contribution in [1.82, 2.24) is 14.9 Å². The Hall–Kier alpha value is -3.03. The number of aromatic nitrogens is 2. The fraction of sp³-hybridized carbons (Fsp3) is 0.267. The van der Waals surface area contributed by atoms with Crippen molar-refractivity contribution in [2.75, 3.05) is 0 Å². The third-order valence-corrected chi connectivity index (χ3v) is 3.86. The summed E-state index contributed by atoms with van der Waals surface area (Å²) in [6, 6.07) is 3.50. The van der Waals surface area contributed by atoms with E-state index in [1.165, 1.54) is 12.1 Å². The fourth-order valence-electron chi connectivity index (χ4n) is 2.83. The first-order chi connectivity index (χ1) is 10.9. The van der Waals surface area contributed by atoms with Crippen molar-refractivity contribution < 1.29 is 19.5 Å². The van der Waals surface area contributed by atoms with E-state index in [1.54, 1.807) is 13.0 Å².